The summed E-state index contributed by atoms with van der Waals surface area (Å²) in [6.45, 7) is 1.60. The lowest BCUT2D eigenvalue weighted by molar-refractivity contribution is 0.0791. The van der Waals surface area contributed by atoms with Crippen molar-refractivity contribution in [3.05, 3.63) is 96.2 Å². The van der Waals surface area contributed by atoms with Crippen LogP contribution in [0.3, 0.4) is 0 Å². The summed E-state index contributed by atoms with van der Waals surface area (Å²) in [4.78, 5) is 15.1. The average molecular weight is 380 g/mol. The van der Waals surface area contributed by atoms with E-state index in [1.807, 2.05) is 47.4 Å². The highest BCUT2D eigenvalue weighted by Gasteiger charge is 2.29. The lowest BCUT2D eigenvalue weighted by Crippen LogP contribution is -2.28. The Morgan fingerprint density at radius 1 is 0.862 bits per heavy atom. The molecule has 3 nitrogen and oxygen atoms in total. The molecular weight excluding hydrogens is 356 g/mol. The predicted molar refractivity (Wildman–Crippen MR) is 118 cm³/mol. The summed E-state index contributed by atoms with van der Waals surface area (Å²) in [6.07, 6.45) is 3.25. The molecule has 1 atom stereocenters. The highest BCUT2D eigenvalue weighted by molar-refractivity contribution is 5.95. The van der Waals surface area contributed by atoms with E-state index in [-0.39, 0.29) is 5.91 Å². The van der Waals surface area contributed by atoms with E-state index < -0.39 is 0 Å². The summed E-state index contributed by atoms with van der Waals surface area (Å²) >= 11 is 0. The second-order valence-electron chi connectivity index (χ2n) is 7.89. The highest BCUT2D eigenvalue weighted by Crippen LogP contribution is 2.34. The minimum Gasteiger partial charge on any atom is -0.350 e. The lowest BCUT2D eigenvalue weighted by atomic mass is 9.98. The lowest BCUT2D eigenvalue weighted by Gasteiger charge is -2.17. The van der Waals surface area contributed by atoms with Gasteiger partial charge in [0.05, 0.1) is 0 Å². The summed E-state index contributed by atoms with van der Waals surface area (Å²) in [5, 5.41) is 1.31. The van der Waals surface area contributed by atoms with Gasteiger partial charge in [0, 0.05) is 48.7 Å². The Balaban J connectivity index is 1.34. The monoisotopic (exact) mass is 380 g/mol. The number of carbonyl (C=O) groups excluding carboxylic acids is 1. The quantitative estimate of drug-likeness (QED) is 0.462. The van der Waals surface area contributed by atoms with Gasteiger partial charge in [0.1, 0.15) is 0 Å². The van der Waals surface area contributed by atoms with Crippen molar-refractivity contribution in [2.45, 2.75) is 12.3 Å². The summed E-state index contributed by atoms with van der Waals surface area (Å²) < 4.78 is 2.19. The van der Waals surface area contributed by atoms with Gasteiger partial charge in [-0.15, -0.1) is 0 Å². The summed E-state index contributed by atoms with van der Waals surface area (Å²) in [5.41, 5.74) is 5.69. The Bertz CT molecular complexity index is 1160. The first-order valence-electron chi connectivity index (χ1n) is 10.2. The maximum absolute atomic E-state index is 13.1. The van der Waals surface area contributed by atoms with Crippen molar-refractivity contribution in [1.82, 2.24) is 9.47 Å². The fraction of sp³-hybridized carbons (Fsp3) is 0.192. The van der Waals surface area contributed by atoms with Crippen LogP contribution in [0.1, 0.15) is 28.3 Å². The minimum atomic E-state index is 0.132. The van der Waals surface area contributed by atoms with Crippen LogP contribution in [0.5, 0.6) is 0 Å². The van der Waals surface area contributed by atoms with E-state index in [0.717, 1.165) is 30.6 Å². The molecule has 1 unspecified atom stereocenters. The van der Waals surface area contributed by atoms with Crippen LogP contribution >= 0.6 is 0 Å². The Labute approximate surface area is 171 Å². The van der Waals surface area contributed by atoms with Crippen LogP contribution in [0.25, 0.3) is 22.0 Å². The van der Waals surface area contributed by atoms with Crippen molar-refractivity contribution >= 4 is 16.8 Å². The molecule has 0 spiro atoms. The van der Waals surface area contributed by atoms with Crippen LogP contribution < -0.4 is 0 Å². The zero-order valence-corrected chi connectivity index (χ0v) is 16.6. The number of benzene rings is 3. The van der Waals surface area contributed by atoms with Gasteiger partial charge in [-0.1, -0.05) is 60.7 Å². The van der Waals surface area contributed by atoms with Crippen LogP contribution in [0, 0.1) is 0 Å². The second kappa shape index (κ2) is 7.25. The second-order valence-corrected chi connectivity index (χ2v) is 7.89. The van der Waals surface area contributed by atoms with Crippen molar-refractivity contribution < 1.29 is 4.79 Å². The van der Waals surface area contributed by atoms with E-state index in [1.54, 1.807) is 0 Å². The molecule has 1 aromatic heterocycles. The van der Waals surface area contributed by atoms with Crippen LogP contribution in [-0.4, -0.2) is 28.5 Å². The number of hydrogen-bond donors (Lipinski definition) is 0. The predicted octanol–water partition coefficient (Wildman–Crippen LogP) is 5.48. The first kappa shape index (κ1) is 17.7. The minimum absolute atomic E-state index is 0.132. The third-order valence-electron chi connectivity index (χ3n) is 6.08. The third kappa shape index (κ3) is 3.23. The molecule has 1 fully saturated rings. The van der Waals surface area contributed by atoms with Gasteiger partial charge < -0.3 is 9.47 Å². The average Bonchev–Trinajstić information content (AvgIpc) is 3.39. The van der Waals surface area contributed by atoms with Crippen LogP contribution in [0.2, 0.25) is 0 Å². The van der Waals surface area contributed by atoms with E-state index in [9.17, 15) is 4.79 Å². The molecule has 29 heavy (non-hydrogen) atoms. The molecule has 1 saturated heterocycles. The highest BCUT2D eigenvalue weighted by atomic mass is 16.2. The van der Waals surface area contributed by atoms with Crippen molar-refractivity contribution in [2.75, 3.05) is 13.1 Å². The zero-order valence-electron chi connectivity index (χ0n) is 16.6. The maximum Gasteiger partial charge on any atom is 0.253 e. The van der Waals surface area contributed by atoms with Gasteiger partial charge in [0.2, 0.25) is 0 Å². The van der Waals surface area contributed by atoms with Gasteiger partial charge in [0.25, 0.3) is 5.91 Å². The van der Waals surface area contributed by atoms with E-state index in [0.29, 0.717) is 5.92 Å². The SMILES string of the molecule is Cn1cc(C2CCN(C(=O)c3ccc(-c4ccccc4)cc3)C2)c2ccccc21. The molecule has 2 heterocycles. The number of carbonyl (C=O) groups is 1. The Morgan fingerprint density at radius 3 is 2.34 bits per heavy atom. The molecule has 1 amide bonds. The molecule has 3 aromatic carbocycles. The fourth-order valence-corrected chi connectivity index (χ4v) is 4.52. The topological polar surface area (TPSA) is 25.2 Å². The van der Waals surface area contributed by atoms with Gasteiger partial charge >= 0.3 is 0 Å². The Kier molecular flexibility index (Phi) is 4.44. The molecule has 4 aromatic rings. The number of likely N-dealkylation sites (tertiary alicyclic amines) is 1. The van der Waals surface area contributed by atoms with Crippen molar-refractivity contribution in [3.8, 4) is 11.1 Å². The normalized spacial score (nSPS) is 16.4. The van der Waals surface area contributed by atoms with E-state index in [1.165, 1.54) is 22.0 Å². The zero-order chi connectivity index (χ0) is 19.8. The maximum atomic E-state index is 13.1. The van der Waals surface area contributed by atoms with E-state index in [2.05, 4.69) is 54.2 Å². The fourth-order valence-electron chi connectivity index (χ4n) is 4.52. The van der Waals surface area contributed by atoms with Crippen molar-refractivity contribution in [3.63, 3.8) is 0 Å². The molecule has 1 aliphatic heterocycles. The molecule has 1 aliphatic rings. The Hall–Kier alpha value is -3.33. The molecule has 3 heteroatoms. The molecule has 0 saturated carbocycles. The molecule has 0 aliphatic carbocycles. The van der Waals surface area contributed by atoms with Gasteiger partial charge in [-0.3, -0.25) is 4.79 Å². The molecular formula is C26H24N2O. The van der Waals surface area contributed by atoms with Gasteiger partial charge in [-0.25, -0.2) is 0 Å². The molecule has 144 valence electrons. The molecule has 0 bridgehead atoms. The standard InChI is InChI=1S/C26H24N2O/c1-27-18-24(23-9-5-6-10-25(23)27)22-15-16-28(17-22)26(29)21-13-11-20(12-14-21)19-7-3-2-4-8-19/h2-14,18,22H,15-17H2,1H3. The van der Waals surface area contributed by atoms with Crippen molar-refractivity contribution in [1.29, 1.82) is 0 Å². The number of aryl methyl sites for hydroxylation is 1. The number of aromatic nitrogens is 1. The summed E-state index contributed by atoms with van der Waals surface area (Å²) in [6, 6.07) is 26.8. The number of para-hydroxylation sites is 1. The van der Waals surface area contributed by atoms with E-state index in [4.69, 9.17) is 0 Å². The van der Waals surface area contributed by atoms with Gasteiger partial charge in [0.15, 0.2) is 0 Å². The van der Waals surface area contributed by atoms with Crippen LogP contribution in [-0.2, 0) is 7.05 Å². The number of nitrogens with zero attached hydrogens (tertiary/aromatic N) is 2. The number of hydrogen-bond acceptors (Lipinski definition) is 1. The molecule has 0 N–H and O–H groups in total. The van der Waals surface area contributed by atoms with E-state index >= 15 is 0 Å². The van der Waals surface area contributed by atoms with Crippen LogP contribution in [0.15, 0.2) is 85.1 Å². The van der Waals surface area contributed by atoms with Gasteiger partial charge in [-0.05, 0) is 41.3 Å². The first-order valence-corrected chi connectivity index (χ1v) is 10.2. The molecule has 0 radical (unpaired) electrons. The first-order chi connectivity index (χ1) is 14.2. The van der Waals surface area contributed by atoms with Gasteiger partial charge in [-0.2, -0.15) is 0 Å². The summed E-state index contributed by atoms with van der Waals surface area (Å²) in [7, 11) is 2.10. The molecule has 5 rings (SSSR count). The Morgan fingerprint density at radius 2 is 1.55 bits per heavy atom. The summed E-state index contributed by atoms with van der Waals surface area (Å²) in [5.74, 6) is 0.529. The smallest absolute Gasteiger partial charge is 0.253 e. The van der Waals surface area contributed by atoms with Crippen molar-refractivity contribution in [2.24, 2.45) is 7.05 Å². The third-order valence-corrected chi connectivity index (χ3v) is 6.08. The number of rotatable bonds is 3. The van der Waals surface area contributed by atoms with Crippen LogP contribution in [0.4, 0.5) is 0 Å². The number of fused-ring (bicyclic) bond motifs is 1. The number of amides is 1. The largest absolute Gasteiger partial charge is 0.350 e.